The Morgan fingerprint density at radius 3 is 2.55 bits per heavy atom. The first-order chi connectivity index (χ1) is 9.52. The van der Waals surface area contributed by atoms with Crippen molar-refractivity contribution >= 4 is 11.7 Å². The minimum absolute atomic E-state index is 0.0507. The number of nitrogens with one attached hydrogen (secondary N) is 2. The minimum Gasteiger partial charge on any atom is -0.409 e. The number of carbonyl (C=O) groups excluding carboxylic acids is 1. The zero-order valence-corrected chi connectivity index (χ0v) is 11.9. The molecule has 1 amide bonds. The molecule has 0 spiro atoms. The molecule has 0 aromatic heterocycles. The standard InChI is InChI=1S/C14H22N4O2/c1-10(2)17-13(19)7-8-16-9-11-3-5-12(6-4-11)14(15)18-20/h3-6,10,16,20H,7-9H2,1-2H3,(H2,15,18)(H,17,19). The lowest BCUT2D eigenvalue weighted by atomic mass is 10.1. The van der Waals surface area contributed by atoms with Crippen LogP contribution in [0.1, 0.15) is 31.4 Å². The predicted octanol–water partition coefficient (Wildman–Crippen LogP) is 0.785. The number of nitrogens with two attached hydrogens (primary N) is 1. The van der Waals surface area contributed by atoms with Crippen molar-refractivity contribution in [1.82, 2.24) is 10.6 Å². The molecule has 0 radical (unpaired) electrons. The Balaban J connectivity index is 2.31. The van der Waals surface area contributed by atoms with Crippen LogP contribution in [0.15, 0.2) is 29.4 Å². The van der Waals surface area contributed by atoms with Gasteiger partial charge in [0.1, 0.15) is 0 Å². The number of amides is 1. The summed E-state index contributed by atoms with van der Waals surface area (Å²) in [5.41, 5.74) is 7.23. The zero-order chi connectivity index (χ0) is 15.0. The van der Waals surface area contributed by atoms with E-state index in [1.54, 1.807) is 12.1 Å². The maximum atomic E-state index is 11.4. The van der Waals surface area contributed by atoms with E-state index in [1.165, 1.54) is 0 Å². The summed E-state index contributed by atoms with van der Waals surface area (Å²) in [6.07, 6.45) is 0.459. The number of benzene rings is 1. The minimum atomic E-state index is 0.0507. The fourth-order valence-electron chi connectivity index (χ4n) is 1.68. The summed E-state index contributed by atoms with van der Waals surface area (Å²) in [6.45, 7) is 5.18. The van der Waals surface area contributed by atoms with Crippen molar-refractivity contribution in [2.24, 2.45) is 10.9 Å². The van der Waals surface area contributed by atoms with Crippen molar-refractivity contribution in [2.45, 2.75) is 32.9 Å². The third-order valence-electron chi connectivity index (χ3n) is 2.67. The van der Waals surface area contributed by atoms with Crippen molar-refractivity contribution in [2.75, 3.05) is 6.54 Å². The van der Waals surface area contributed by atoms with Crippen LogP contribution in [-0.4, -0.2) is 29.5 Å². The van der Waals surface area contributed by atoms with Gasteiger partial charge in [0, 0.05) is 31.1 Å². The summed E-state index contributed by atoms with van der Waals surface area (Å²) < 4.78 is 0. The van der Waals surface area contributed by atoms with Crippen molar-refractivity contribution < 1.29 is 10.0 Å². The summed E-state index contributed by atoms with van der Waals surface area (Å²) >= 11 is 0. The van der Waals surface area contributed by atoms with Gasteiger partial charge < -0.3 is 21.6 Å². The van der Waals surface area contributed by atoms with Crippen molar-refractivity contribution in [3.63, 3.8) is 0 Å². The van der Waals surface area contributed by atoms with E-state index < -0.39 is 0 Å². The summed E-state index contributed by atoms with van der Waals surface area (Å²) in [6, 6.07) is 7.55. The average Bonchev–Trinajstić information content (AvgIpc) is 2.42. The predicted molar refractivity (Wildman–Crippen MR) is 78.6 cm³/mol. The number of rotatable bonds is 7. The summed E-state index contributed by atoms with van der Waals surface area (Å²) in [7, 11) is 0. The second-order valence-electron chi connectivity index (χ2n) is 4.83. The van der Waals surface area contributed by atoms with Gasteiger partial charge in [-0.2, -0.15) is 0 Å². The average molecular weight is 278 g/mol. The number of hydrogen-bond donors (Lipinski definition) is 4. The lowest BCUT2D eigenvalue weighted by molar-refractivity contribution is -0.121. The normalized spacial score (nSPS) is 11.7. The van der Waals surface area contributed by atoms with E-state index in [-0.39, 0.29) is 17.8 Å². The Morgan fingerprint density at radius 2 is 2.00 bits per heavy atom. The van der Waals surface area contributed by atoms with Gasteiger partial charge in [-0.3, -0.25) is 4.79 Å². The van der Waals surface area contributed by atoms with Crippen LogP contribution >= 0.6 is 0 Å². The molecule has 110 valence electrons. The molecule has 0 saturated carbocycles. The monoisotopic (exact) mass is 278 g/mol. The molecule has 0 heterocycles. The first-order valence-electron chi connectivity index (χ1n) is 6.60. The van der Waals surface area contributed by atoms with E-state index in [1.807, 2.05) is 26.0 Å². The van der Waals surface area contributed by atoms with Crippen molar-refractivity contribution in [3.05, 3.63) is 35.4 Å². The molecule has 0 aliphatic heterocycles. The van der Waals surface area contributed by atoms with Crippen LogP contribution in [0.3, 0.4) is 0 Å². The highest BCUT2D eigenvalue weighted by atomic mass is 16.4. The molecular formula is C14H22N4O2. The second kappa shape index (κ2) is 8.16. The Kier molecular flexibility index (Phi) is 6.52. The number of carbonyl (C=O) groups is 1. The van der Waals surface area contributed by atoms with Gasteiger partial charge in [0.15, 0.2) is 5.84 Å². The molecule has 0 unspecified atom stereocenters. The number of amidine groups is 1. The SMILES string of the molecule is CC(C)NC(=O)CCNCc1ccc(/C(N)=N/O)cc1. The largest absolute Gasteiger partial charge is 0.409 e. The highest BCUT2D eigenvalue weighted by molar-refractivity contribution is 5.96. The van der Waals surface area contributed by atoms with Crippen LogP contribution in [0.2, 0.25) is 0 Å². The van der Waals surface area contributed by atoms with E-state index in [0.717, 1.165) is 5.56 Å². The molecule has 0 aliphatic rings. The zero-order valence-electron chi connectivity index (χ0n) is 11.9. The highest BCUT2D eigenvalue weighted by Crippen LogP contribution is 2.04. The Bertz CT molecular complexity index is 455. The van der Waals surface area contributed by atoms with Gasteiger partial charge >= 0.3 is 0 Å². The van der Waals surface area contributed by atoms with Gasteiger partial charge in [-0.25, -0.2) is 0 Å². The van der Waals surface area contributed by atoms with Gasteiger partial charge in [0.2, 0.25) is 5.91 Å². The topological polar surface area (TPSA) is 99.7 Å². The molecule has 0 aliphatic carbocycles. The summed E-state index contributed by atoms with van der Waals surface area (Å²) in [4.78, 5) is 11.4. The molecule has 0 bridgehead atoms. The first-order valence-corrected chi connectivity index (χ1v) is 6.60. The third kappa shape index (κ3) is 5.71. The molecular weight excluding hydrogens is 256 g/mol. The highest BCUT2D eigenvalue weighted by Gasteiger charge is 2.03. The lowest BCUT2D eigenvalue weighted by Gasteiger charge is -2.09. The fourth-order valence-corrected chi connectivity index (χ4v) is 1.68. The van der Waals surface area contributed by atoms with E-state index in [9.17, 15) is 4.79 Å². The van der Waals surface area contributed by atoms with Crippen LogP contribution in [0.25, 0.3) is 0 Å². The Labute approximate surface area is 119 Å². The van der Waals surface area contributed by atoms with Gasteiger partial charge in [-0.05, 0) is 19.4 Å². The Hall–Kier alpha value is -2.08. The van der Waals surface area contributed by atoms with E-state index >= 15 is 0 Å². The molecule has 1 aromatic carbocycles. The number of hydrogen-bond acceptors (Lipinski definition) is 4. The molecule has 0 atom stereocenters. The molecule has 6 nitrogen and oxygen atoms in total. The molecule has 0 saturated heterocycles. The van der Waals surface area contributed by atoms with Crippen molar-refractivity contribution in [3.8, 4) is 0 Å². The fraction of sp³-hybridized carbons (Fsp3) is 0.429. The van der Waals surface area contributed by atoms with E-state index in [4.69, 9.17) is 10.9 Å². The molecule has 20 heavy (non-hydrogen) atoms. The lowest BCUT2D eigenvalue weighted by Crippen LogP contribution is -2.32. The van der Waals surface area contributed by atoms with Crippen LogP contribution in [-0.2, 0) is 11.3 Å². The first kappa shape index (κ1) is 16.0. The van der Waals surface area contributed by atoms with Gasteiger partial charge in [-0.15, -0.1) is 0 Å². The van der Waals surface area contributed by atoms with Crippen molar-refractivity contribution in [1.29, 1.82) is 0 Å². The number of oxime groups is 1. The second-order valence-corrected chi connectivity index (χ2v) is 4.83. The molecule has 1 rings (SSSR count). The molecule has 5 N–H and O–H groups in total. The Morgan fingerprint density at radius 1 is 1.35 bits per heavy atom. The van der Waals surface area contributed by atoms with Gasteiger partial charge in [0.05, 0.1) is 0 Å². The maximum absolute atomic E-state index is 11.4. The smallest absolute Gasteiger partial charge is 0.221 e. The van der Waals surface area contributed by atoms with Gasteiger partial charge in [0.25, 0.3) is 0 Å². The summed E-state index contributed by atoms with van der Waals surface area (Å²) in [5, 5.41) is 17.5. The molecule has 1 aromatic rings. The van der Waals surface area contributed by atoms with Crippen LogP contribution in [0, 0.1) is 0 Å². The van der Waals surface area contributed by atoms with Crippen LogP contribution < -0.4 is 16.4 Å². The molecule has 0 fully saturated rings. The third-order valence-corrected chi connectivity index (χ3v) is 2.67. The quantitative estimate of drug-likeness (QED) is 0.195. The van der Waals surface area contributed by atoms with E-state index in [2.05, 4.69) is 15.8 Å². The molecule has 6 heteroatoms. The van der Waals surface area contributed by atoms with E-state index in [0.29, 0.717) is 25.1 Å². The van der Waals surface area contributed by atoms with Crippen LogP contribution in [0.4, 0.5) is 0 Å². The number of nitrogens with zero attached hydrogens (tertiary/aromatic N) is 1. The maximum Gasteiger partial charge on any atom is 0.221 e. The van der Waals surface area contributed by atoms with Gasteiger partial charge in [-0.1, -0.05) is 29.4 Å². The van der Waals surface area contributed by atoms with Crippen LogP contribution in [0.5, 0.6) is 0 Å². The summed E-state index contributed by atoms with van der Waals surface area (Å²) in [5.74, 6) is 0.143.